The fourth-order valence-electron chi connectivity index (χ4n) is 3.78. The van der Waals surface area contributed by atoms with E-state index in [1.165, 1.54) is 34.7 Å². The summed E-state index contributed by atoms with van der Waals surface area (Å²) < 4.78 is 0. The summed E-state index contributed by atoms with van der Waals surface area (Å²) >= 11 is 0. The Morgan fingerprint density at radius 3 is 2.35 bits per heavy atom. The Balaban J connectivity index is 1.99. The second-order valence-electron chi connectivity index (χ2n) is 7.29. The Morgan fingerprint density at radius 2 is 1.65 bits per heavy atom. The van der Waals surface area contributed by atoms with Gasteiger partial charge in [-0.1, -0.05) is 50.2 Å². The molecule has 1 N–H and O–H groups in total. The Kier molecular flexibility index (Phi) is 5.34. The number of piperazine rings is 1. The average Bonchev–Trinajstić information content (AvgIpc) is 2.58. The molecule has 0 aromatic heterocycles. The van der Waals surface area contributed by atoms with E-state index in [1.54, 1.807) is 0 Å². The van der Waals surface area contributed by atoms with Gasteiger partial charge in [-0.25, -0.2) is 0 Å². The van der Waals surface area contributed by atoms with Crippen molar-refractivity contribution in [1.29, 1.82) is 0 Å². The van der Waals surface area contributed by atoms with Crippen molar-refractivity contribution in [2.24, 2.45) is 5.92 Å². The molecule has 0 spiro atoms. The maximum absolute atomic E-state index is 3.49. The van der Waals surface area contributed by atoms with Gasteiger partial charge in [0.1, 0.15) is 0 Å². The van der Waals surface area contributed by atoms with E-state index in [9.17, 15) is 0 Å². The molecule has 2 aromatic rings. The summed E-state index contributed by atoms with van der Waals surface area (Å²) in [6.45, 7) is 11.4. The van der Waals surface area contributed by atoms with Crippen molar-refractivity contribution in [2.45, 2.75) is 39.7 Å². The summed E-state index contributed by atoms with van der Waals surface area (Å²) in [7, 11) is 0. The Morgan fingerprint density at radius 1 is 0.957 bits per heavy atom. The van der Waals surface area contributed by atoms with Crippen molar-refractivity contribution in [1.82, 2.24) is 10.2 Å². The number of hydrogen-bond acceptors (Lipinski definition) is 2. The zero-order chi connectivity index (χ0) is 16.2. The van der Waals surface area contributed by atoms with Gasteiger partial charge in [0.15, 0.2) is 0 Å². The van der Waals surface area contributed by atoms with Gasteiger partial charge in [0, 0.05) is 32.2 Å². The maximum atomic E-state index is 3.49. The van der Waals surface area contributed by atoms with Gasteiger partial charge in [-0.2, -0.15) is 0 Å². The summed E-state index contributed by atoms with van der Waals surface area (Å²) in [6, 6.07) is 14.2. The number of rotatable bonds is 5. The molecule has 0 saturated carbocycles. The van der Waals surface area contributed by atoms with Gasteiger partial charge in [0.25, 0.3) is 0 Å². The molecule has 0 radical (unpaired) electrons. The fraction of sp³-hybridized carbons (Fsp3) is 0.524. The van der Waals surface area contributed by atoms with E-state index in [2.05, 4.69) is 67.4 Å². The quantitative estimate of drug-likeness (QED) is 0.873. The first-order chi connectivity index (χ1) is 11.2. The summed E-state index contributed by atoms with van der Waals surface area (Å²) in [6.07, 6.45) is 2.54. The highest BCUT2D eigenvalue weighted by Gasteiger charge is 2.23. The van der Waals surface area contributed by atoms with Gasteiger partial charge in [-0.3, -0.25) is 4.90 Å². The molecule has 0 amide bonds. The Labute approximate surface area is 140 Å². The van der Waals surface area contributed by atoms with E-state index < -0.39 is 0 Å². The summed E-state index contributed by atoms with van der Waals surface area (Å²) in [5.41, 5.74) is 2.90. The minimum Gasteiger partial charge on any atom is -0.314 e. The lowest BCUT2D eigenvalue weighted by Crippen LogP contribution is -2.45. The minimum atomic E-state index is 0.546. The molecule has 0 bridgehead atoms. The first-order valence-corrected chi connectivity index (χ1v) is 9.10. The number of nitrogens with zero attached hydrogens (tertiary/aromatic N) is 1. The van der Waals surface area contributed by atoms with Crippen molar-refractivity contribution in [3.8, 4) is 0 Å². The van der Waals surface area contributed by atoms with Gasteiger partial charge in [-0.05, 0) is 47.6 Å². The highest BCUT2D eigenvalue weighted by atomic mass is 15.2. The topological polar surface area (TPSA) is 15.3 Å². The third-order valence-electron chi connectivity index (χ3n) is 5.14. The maximum Gasteiger partial charge on any atom is 0.0355 e. The van der Waals surface area contributed by atoms with E-state index in [4.69, 9.17) is 0 Å². The first-order valence-electron chi connectivity index (χ1n) is 9.10. The molecule has 2 aromatic carbocycles. The first kappa shape index (κ1) is 16.5. The van der Waals surface area contributed by atoms with E-state index >= 15 is 0 Å². The normalized spacial score (nSPS) is 17.7. The predicted octanol–water partition coefficient (Wildman–Crippen LogP) is 4.53. The minimum absolute atomic E-state index is 0.546. The number of nitrogens with one attached hydrogen (secondary N) is 1. The van der Waals surface area contributed by atoms with Gasteiger partial charge in [0.05, 0.1) is 0 Å². The van der Waals surface area contributed by atoms with Crippen LogP contribution in [0.5, 0.6) is 0 Å². The monoisotopic (exact) mass is 310 g/mol. The predicted molar refractivity (Wildman–Crippen MR) is 99.9 cm³/mol. The highest BCUT2D eigenvalue weighted by molar-refractivity contribution is 5.88. The molecule has 1 heterocycles. The van der Waals surface area contributed by atoms with Crippen molar-refractivity contribution in [2.75, 3.05) is 26.2 Å². The van der Waals surface area contributed by atoms with Crippen LogP contribution >= 0.6 is 0 Å². The zero-order valence-corrected chi connectivity index (χ0v) is 14.8. The van der Waals surface area contributed by atoms with Crippen LogP contribution in [0.3, 0.4) is 0 Å². The van der Waals surface area contributed by atoms with Crippen LogP contribution in [-0.4, -0.2) is 31.1 Å². The highest BCUT2D eigenvalue weighted by Crippen LogP contribution is 2.34. The van der Waals surface area contributed by atoms with Crippen LogP contribution in [0, 0.1) is 12.8 Å². The van der Waals surface area contributed by atoms with Crippen LogP contribution in [0.15, 0.2) is 36.4 Å². The summed E-state index contributed by atoms with van der Waals surface area (Å²) in [5, 5.41) is 6.35. The molecule has 124 valence electrons. The molecule has 1 aliphatic heterocycles. The largest absolute Gasteiger partial charge is 0.314 e. The van der Waals surface area contributed by atoms with Crippen molar-refractivity contribution < 1.29 is 0 Å². The van der Waals surface area contributed by atoms with E-state index in [0.29, 0.717) is 6.04 Å². The SMILES string of the molecule is Cc1ccc([C@@H](CCC(C)C)N2CCNCC2)c2ccccc12. The van der Waals surface area contributed by atoms with Crippen molar-refractivity contribution in [3.63, 3.8) is 0 Å². The third kappa shape index (κ3) is 3.76. The fourth-order valence-corrected chi connectivity index (χ4v) is 3.78. The Bertz CT molecular complexity index is 641. The number of aryl methyl sites for hydroxylation is 1. The van der Waals surface area contributed by atoms with Gasteiger partial charge in [0.2, 0.25) is 0 Å². The lowest BCUT2D eigenvalue weighted by atomic mass is 9.90. The van der Waals surface area contributed by atoms with Gasteiger partial charge in [-0.15, -0.1) is 0 Å². The molecule has 1 saturated heterocycles. The molecule has 1 atom stereocenters. The molecule has 2 heteroatoms. The standard InChI is InChI=1S/C21H30N2/c1-16(2)8-11-21(23-14-12-22-13-15-23)20-10-9-17(3)18-6-4-5-7-19(18)20/h4-7,9-10,16,21-22H,8,11-15H2,1-3H3/t21-/m1/s1. The number of benzene rings is 2. The van der Waals surface area contributed by atoms with E-state index in [0.717, 1.165) is 32.1 Å². The molecule has 3 rings (SSSR count). The van der Waals surface area contributed by atoms with Gasteiger partial charge >= 0.3 is 0 Å². The smallest absolute Gasteiger partial charge is 0.0355 e. The van der Waals surface area contributed by atoms with E-state index in [-0.39, 0.29) is 0 Å². The van der Waals surface area contributed by atoms with Crippen LogP contribution in [-0.2, 0) is 0 Å². The lowest BCUT2D eigenvalue weighted by molar-refractivity contribution is 0.161. The van der Waals surface area contributed by atoms with Crippen LogP contribution < -0.4 is 5.32 Å². The van der Waals surface area contributed by atoms with Crippen molar-refractivity contribution >= 4 is 10.8 Å². The average molecular weight is 310 g/mol. The van der Waals surface area contributed by atoms with Crippen LogP contribution in [0.2, 0.25) is 0 Å². The molecule has 0 unspecified atom stereocenters. The number of hydrogen-bond donors (Lipinski definition) is 1. The molecular formula is C21H30N2. The zero-order valence-electron chi connectivity index (χ0n) is 14.8. The van der Waals surface area contributed by atoms with Crippen LogP contribution in [0.4, 0.5) is 0 Å². The second kappa shape index (κ2) is 7.46. The lowest BCUT2D eigenvalue weighted by Gasteiger charge is -2.36. The molecule has 23 heavy (non-hydrogen) atoms. The van der Waals surface area contributed by atoms with Gasteiger partial charge < -0.3 is 5.32 Å². The van der Waals surface area contributed by atoms with Crippen LogP contribution in [0.1, 0.15) is 43.9 Å². The van der Waals surface area contributed by atoms with E-state index in [1.807, 2.05) is 0 Å². The number of fused-ring (bicyclic) bond motifs is 1. The summed E-state index contributed by atoms with van der Waals surface area (Å²) in [4.78, 5) is 2.69. The molecule has 1 fully saturated rings. The molecule has 2 nitrogen and oxygen atoms in total. The molecule has 0 aliphatic carbocycles. The third-order valence-corrected chi connectivity index (χ3v) is 5.14. The Hall–Kier alpha value is -1.38. The second-order valence-corrected chi connectivity index (χ2v) is 7.29. The summed E-state index contributed by atoms with van der Waals surface area (Å²) in [5.74, 6) is 0.761. The van der Waals surface area contributed by atoms with Crippen molar-refractivity contribution in [3.05, 3.63) is 47.5 Å². The van der Waals surface area contributed by atoms with Crippen LogP contribution in [0.25, 0.3) is 10.8 Å². The molecular weight excluding hydrogens is 280 g/mol. The molecule has 1 aliphatic rings.